The third-order valence-electron chi connectivity index (χ3n) is 4.70. The highest BCUT2D eigenvalue weighted by Gasteiger charge is 2.25. The lowest BCUT2D eigenvalue weighted by Gasteiger charge is -2.32. The van der Waals surface area contributed by atoms with Crippen molar-refractivity contribution in [2.24, 2.45) is 0 Å². The fraction of sp³-hybridized carbons (Fsp3) is 0.400. The van der Waals surface area contributed by atoms with Gasteiger partial charge < -0.3 is 15.0 Å². The number of nitrogens with zero attached hydrogens (tertiary/aromatic N) is 1. The van der Waals surface area contributed by atoms with Gasteiger partial charge in [0.1, 0.15) is 0 Å². The first-order valence-electron chi connectivity index (χ1n) is 8.74. The third-order valence-corrected chi connectivity index (χ3v) is 4.70. The Morgan fingerprint density at radius 3 is 2.60 bits per heavy atom. The number of nitrogens with one attached hydrogen (secondary N) is 1. The Balaban J connectivity index is 1.61. The zero-order chi connectivity index (χ0) is 17.6. The predicted octanol–water partition coefficient (Wildman–Crippen LogP) is 2.60. The minimum atomic E-state index is 0.0145. The van der Waals surface area contributed by atoms with Crippen molar-refractivity contribution < 1.29 is 14.3 Å². The van der Waals surface area contributed by atoms with E-state index in [2.05, 4.69) is 5.32 Å². The van der Waals surface area contributed by atoms with Gasteiger partial charge in [-0.25, -0.2) is 0 Å². The van der Waals surface area contributed by atoms with Gasteiger partial charge in [-0.15, -0.1) is 0 Å². The highest BCUT2D eigenvalue weighted by Crippen LogP contribution is 2.22. The average molecular weight is 340 g/mol. The monoisotopic (exact) mass is 340 g/mol. The Morgan fingerprint density at radius 1 is 1.12 bits per heavy atom. The molecule has 2 aromatic carbocycles. The molecule has 1 aliphatic heterocycles. The van der Waals surface area contributed by atoms with E-state index in [0.29, 0.717) is 26.1 Å². The van der Waals surface area contributed by atoms with Crippen LogP contribution in [0.2, 0.25) is 0 Å². The number of fused-ring (bicyclic) bond motifs is 1. The van der Waals surface area contributed by atoms with Crippen LogP contribution in [0.15, 0.2) is 42.5 Å². The molecule has 132 valence electrons. The van der Waals surface area contributed by atoms with E-state index in [1.54, 1.807) is 7.11 Å². The van der Waals surface area contributed by atoms with E-state index in [4.69, 9.17) is 4.74 Å². The van der Waals surface area contributed by atoms with Gasteiger partial charge in [0.25, 0.3) is 5.91 Å². The quantitative estimate of drug-likeness (QED) is 0.910. The molecule has 1 fully saturated rings. The first kappa shape index (κ1) is 17.4. The van der Waals surface area contributed by atoms with E-state index in [-0.39, 0.29) is 17.9 Å². The van der Waals surface area contributed by atoms with Crippen LogP contribution in [0.25, 0.3) is 10.8 Å². The molecular formula is C20H24N2O3. The molecule has 1 aliphatic rings. The number of likely N-dealkylation sites (tertiary alicyclic amines) is 1. The fourth-order valence-corrected chi connectivity index (χ4v) is 3.30. The van der Waals surface area contributed by atoms with Crippen molar-refractivity contribution in [3.05, 3.63) is 48.0 Å². The van der Waals surface area contributed by atoms with Crippen molar-refractivity contribution in [3.8, 4) is 0 Å². The molecule has 1 saturated heterocycles. The molecule has 0 saturated carbocycles. The van der Waals surface area contributed by atoms with Crippen LogP contribution < -0.4 is 5.32 Å². The van der Waals surface area contributed by atoms with Gasteiger partial charge in [0.2, 0.25) is 5.91 Å². The van der Waals surface area contributed by atoms with E-state index in [0.717, 1.165) is 29.2 Å². The van der Waals surface area contributed by atoms with Crippen molar-refractivity contribution in [1.82, 2.24) is 10.2 Å². The van der Waals surface area contributed by atoms with E-state index < -0.39 is 0 Å². The van der Waals surface area contributed by atoms with E-state index >= 15 is 0 Å². The predicted molar refractivity (Wildman–Crippen MR) is 97.5 cm³/mol. The zero-order valence-corrected chi connectivity index (χ0v) is 14.5. The minimum absolute atomic E-state index is 0.0145. The Morgan fingerprint density at radius 2 is 1.84 bits per heavy atom. The van der Waals surface area contributed by atoms with Gasteiger partial charge in [-0.2, -0.15) is 0 Å². The van der Waals surface area contributed by atoms with Gasteiger partial charge in [-0.05, 0) is 29.7 Å². The largest absolute Gasteiger partial charge is 0.384 e. The second-order valence-corrected chi connectivity index (χ2v) is 6.40. The molecule has 0 radical (unpaired) electrons. The second kappa shape index (κ2) is 8.12. The first-order chi connectivity index (χ1) is 12.2. The Hall–Kier alpha value is -2.40. The molecule has 0 bridgehead atoms. The highest BCUT2D eigenvalue weighted by atomic mass is 16.5. The minimum Gasteiger partial charge on any atom is -0.384 e. The summed E-state index contributed by atoms with van der Waals surface area (Å²) < 4.78 is 4.92. The van der Waals surface area contributed by atoms with E-state index in [1.807, 2.05) is 47.4 Å². The van der Waals surface area contributed by atoms with Crippen molar-refractivity contribution >= 4 is 22.6 Å². The van der Waals surface area contributed by atoms with Crippen molar-refractivity contribution in [1.29, 1.82) is 0 Å². The Labute approximate surface area is 148 Å². The molecule has 2 amide bonds. The van der Waals surface area contributed by atoms with Crippen LogP contribution in [-0.4, -0.2) is 49.6 Å². The lowest BCUT2D eigenvalue weighted by Crippen LogP contribution is -2.46. The number of ether oxygens (including phenoxy) is 1. The van der Waals surface area contributed by atoms with Crippen LogP contribution in [-0.2, 0) is 9.53 Å². The Kier molecular flexibility index (Phi) is 5.66. The van der Waals surface area contributed by atoms with Crippen LogP contribution in [0.1, 0.15) is 29.6 Å². The maximum atomic E-state index is 12.9. The standard InChI is InChI=1S/C20H24N2O3/c1-25-14-11-19(23)21-16-9-12-22(13-10-16)20(24)18-8-4-6-15-5-2-3-7-17(15)18/h2-8,16H,9-14H2,1H3,(H,21,23). The number of methoxy groups -OCH3 is 1. The van der Waals surface area contributed by atoms with Crippen molar-refractivity contribution in [2.75, 3.05) is 26.8 Å². The van der Waals surface area contributed by atoms with Gasteiger partial charge >= 0.3 is 0 Å². The molecule has 25 heavy (non-hydrogen) atoms. The van der Waals surface area contributed by atoms with Gasteiger partial charge in [0.05, 0.1) is 6.61 Å². The number of piperidine rings is 1. The molecule has 0 atom stereocenters. The zero-order valence-electron chi connectivity index (χ0n) is 14.5. The van der Waals surface area contributed by atoms with E-state index in [1.165, 1.54) is 0 Å². The number of hydrogen-bond donors (Lipinski definition) is 1. The molecule has 0 spiro atoms. The van der Waals surface area contributed by atoms with Gasteiger partial charge in [-0.3, -0.25) is 9.59 Å². The third kappa shape index (κ3) is 4.17. The molecule has 0 aromatic heterocycles. The summed E-state index contributed by atoms with van der Waals surface area (Å²) in [6, 6.07) is 13.9. The fourth-order valence-electron chi connectivity index (χ4n) is 3.30. The SMILES string of the molecule is COCCC(=O)NC1CCN(C(=O)c2cccc3ccccc23)CC1. The van der Waals surface area contributed by atoms with E-state index in [9.17, 15) is 9.59 Å². The van der Waals surface area contributed by atoms with Gasteiger partial charge in [-0.1, -0.05) is 36.4 Å². The lowest BCUT2D eigenvalue weighted by atomic mass is 10.0. The van der Waals surface area contributed by atoms with Crippen LogP contribution in [0, 0.1) is 0 Å². The maximum absolute atomic E-state index is 12.9. The average Bonchev–Trinajstić information content (AvgIpc) is 2.66. The number of hydrogen-bond acceptors (Lipinski definition) is 3. The van der Waals surface area contributed by atoms with Crippen LogP contribution in [0.5, 0.6) is 0 Å². The van der Waals surface area contributed by atoms with Crippen LogP contribution >= 0.6 is 0 Å². The summed E-state index contributed by atoms with van der Waals surface area (Å²) in [5.41, 5.74) is 0.751. The van der Waals surface area contributed by atoms with Gasteiger partial charge in [0, 0.05) is 38.2 Å². The molecular weight excluding hydrogens is 316 g/mol. The molecule has 1 N–H and O–H groups in total. The summed E-state index contributed by atoms with van der Waals surface area (Å²) in [5.74, 6) is 0.0849. The second-order valence-electron chi connectivity index (χ2n) is 6.40. The molecule has 3 rings (SSSR count). The number of rotatable bonds is 5. The number of amides is 2. The molecule has 0 unspecified atom stereocenters. The maximum Gasteiger partial charge on any atom is 0.254 e. The smallest absolute Gasteiger partial charge is 0.254 e. The molecule has 0 aliphatic carbocycles. The molecule has 1 heterocycles. The summed E-state index contributed by atoms with van der Waals surface area (Å²) in [4.78, 5) is 26.6. The number of benzene rings is 2. The summed E-state index contributed by atoms with van der Waals surface area (Å²) in [6.45, 7) is 1.76. The topological polar surface area (TPSA) is 58.6 Å². The van der Waals surface area contributed by atoms with Crippen LogP contribution in [0.4, 0.5) is 0 Å². The lowest BCUT2D eigenvalue weighted by molar-refractivity contribution is -0.122. The molecule has 2 aromatic rings. The van der Waals surface area contributed by atoms with Gasteiger partial charge in [0.15, 0.2) is 0 Å². The number of carbonyl (C=O) groups excluding carboxylic acids is 2. The van der Waals surface area contributed by atoms with Crippen LogP contribution in [0.3, 0.4) is 0 Å². The normalized spacial score (nSPS) is 15.3. The number of carbonyl (C=O) groups is 2. The molecule has 5 heteroatoms. The summed E-state index contributed by atoms with van der Waals surface area (Å²) in [6.07, 6.45) is 1.95. The highest BCUT2D eigenvalue weighted by molar-refractivity contribution is 6.07. The summed E-state index contributed by atoms with van der Waals surface area (Å²) in [5, 5.41) is 5.09. The van der Waals surface area contributed by atoms with Crippen molar-refractivity contribution in [3.63, 3.8) is 0 Å². The molecule has 5 nitrogen and oxygen atoms in total. The first-order valence-corrected chi connectivity index (χ1v) is 8.74. The summed E-state index contributed by atoms with van der Waals surface area (Å²) in [7, 11) is 1.59. The summed E-state index contributed by atoms with van der Waals surface area (Å²) >= 11 is 0. The van der Waals surface area contributed by atoms with Crippen molar-refractivity contribution in [2.45, 2.75) is 25.3 Å². The Bertz CT molecular complexity index is 746.